The summed E-state index contributed by atoms with van der Waals surface area (Å²) in [4.78, 5) is 11.9. The van der Waals surface area contributed by atoms with E-state index in [-0.39, 0.29) is 18.1 Å². The van der Waals surface area contributed by atoms with Gasteiger partial charge in [-0.25, -0.2) is 4.39 Å². The molecule has 19 heavy (non-hydrogen) atoms. The molecule has 6 heteroatoms. The molecule has 0 spiro atoms. The van der Waals surface area contributed by atoms with Crippen molar-refractivity contribution in [3.8, 4) is 5.75 Å². The first-order valence-corrected chi connectivity index (χ1v) is 6.91. The summed E-state index contributed by atoms with van der Waals surface area (Å²) in [6, 6.07) is 5.93. The van der Waals surface area contributed by atoms with Crippen LogP contribution in [0.15, 0.2) is 24.3 Å². The van der Waals surface area contributed by atoms with Crippen molar-refractivity contribution in [2.45, 2.75) is 6.92 Å². The van der Waals surface area contributed by atoms with Gasteiger partial charge in [0.05, 0.1) is 9.90 Å². The van der Waals surface area contributed by atoms with Gasteiger partial charge in [0.25, 0.3) is 0 Å². The van der Waals surface area contributed by atoms with Crippen LogP contribution in [0, 0.1) is 12.7 Å². The van der Waals surface area contributed by atoms with Gasteiger partial charge in [-0.1, -0.05) is 29.3 Å². The Morgan fingerprint density at radius 1 is 1.37 bits per heavy atom. The van der Waals surface area contributed by atoms with E-state index in [2.05, 4.69) is 0 Å². The van der Waals surface area contributed by atoms with Crippen molar-refractivity contribution in [1.29, 1.82) is 0 Å². The number of hydrogen-bond acceptors (Lipinski definition) is 3. The second-order valence-electron chi connectivity index (χ2n) is 3.88. The molecular formula is C13H9Cl2FO2S. The molecule has 0 aliphatic carbocycles. The van der Waals surface area contributed by atoms with E-state index >= 15 is 0 Å². The molecule has 100 valence electrons. The molecular weight excluding hydrogens is 310 g/mol. The van der Waals surface area contributed by atoms with Crippen molar-refractivity contribution in [2.75, 3.05) is 6.61 Å². The number of aryl methyl sites for hydroxylation is 1. The van der Waals surface area contributed by atoms with Crippen LogP contribution in [0.2, 0.25) is 8.67 Å². The topological polar surface area (TPSA) is 26.3 Å². The first kappa shape index (κ1) is 14.3. The van der Waals surface area contributed by atoms with Gasteiger partial charge in [0, 0.05) is 0 Å². The minimum Gasteiger partial charge on any atom is -0.482 e. The molecule has 0 saturated heterocycles. The summed E-state index contributed by atoms with van der Waals surface area (Å²) in [7, 11) is 0. The monoisotopic (exact) mass is 318 g/mol. The normalized spacial score (nSPS) is 10.5. The lowest BCUT2D eigenvalue weighted by atomic mass is 10.2. The standard InChI is InChI=1S/C13H9Cl2FO2S/c1-7-2-3-9(16)11(4-7)18-6-10(17)8-5-12(14)19-13(8)15/h2-5H,6H2,1H3. The lowest BCUT2D eigenvalue weighted by molar-refractivity contribution is 0.0919. The molecule has 0 aliphatic heterocycles. The molecule has 0 atom stereocenters. The molecule has 0 bridgehead atoms. The number of hydrogen-bond donors (Lipinski definition) is 0. The van der Waals surface area contributed by atoms with Crippen LogP contribution in [-0.4, -0.2) is 12.4 Å². The summed E-state index contributed by atoms with van der Waals surface area (Å²) < 4.78 is 19.3. The molecule has 0 unspecified atom stereocenters. The molecule has 1 aromatic heterocycles. The van der Waals surface area contributed by atoms with Gasteiger partial charge in [-0.2, -0.15) is 0 Å². The Balaban J connectivity index is 2.08. The van der Waals surface area contributed by atoms with Gasteiger partial charge in [-0.05, 0) is 30.7 Å². The predicted octanol–water partition coefficient (Wildman–Crippen LogP) is 4.76. The van der Waals surface area contributed by atoms with E-state index < -0.39 is 5.82 Å². The van der Waals surface area contributed by atoms with Crippen LogP contribution in [0.25, 0.3) is 0 Å². The van der Waals surface area contributed by atoms with Crippen LogP contribution in [0.3, 0.4) is 0 Å². The largest absolute Gasteiger partial charge is 0.482 e. The SMILES string of the molecule is Cc1ccc(F)c(OCC(=O)c2cc(Cl)sc2Cl)c1. The third-order valence-corrected chi connectivity index (χ3v) is 3.89. The van der Waals surface area contributed by atoms with Crippen molar-refractivity contribution in [2.24, 2.45) is 0 Å². The Labute approximate surface area is 123 Å². The number of rotatable bonds is 4. The summed E-state index contributed by atoms with van der Waals surface area (Å²) in [6.45, 7) is 1.52. The van der Waals surface area contributed by atoms with E-state index in [1.807, 2.05) is 6.92 Å². The van der Waals surface area contributed by atoms with Crippen molar-refractivity contribution in [3.63, 3.8) is 0 Å². The first-order chi connectivity index (χ1) is 8.97. The maximum Gasteiger partial charge on any atom is 0.202 e. The first-order valence-electron chi connectivity index (χ1n) is 5.34. The Bertz CT molecular complexity index is 625. The van der Waals surface area contributed by atoms with Crippen LogP contribution in [0.4, 0.5) is 4.39 Å². The highest BCUT2D eigenvalue weighted by atomic mass is 35.5. The lowest BCUT2D eigenvalue weighted by Gasteiger charge is -2.07. The van der Waals surface area contributed by atoms with E-state index in [0.717, 1.165) is 16.9 Å². The summed E-state index contributed by atoms with van der Waals surface area (Å²) in [5.74, 6) is -0.798. The average Bonchev–Trinajstić information content (AvgIpc) is 2.69. The van der Waals surface area contributed by atoms with Crippen LogP contribution in [-0.2, 0) is 0 Å². The Hall–Kier alpha value is -1.10. The zero-order valence-electron chi connectivity index (χ0n) is 9.88. The third-order valence-electron chi connectivity index (χ3n) is 2.40. The zero-order chi connectivity index (χ0) is 14.0. The van der Waals surface area contributed by atoms with Crippen LogP contribution in [0.5, 0.6) is 5.75 Å². The molecule has 2 nitrogen and oxygen atoms in total. The summed E-state index contributed by atoms with van der Waals surface area (Å²) in [5.41, 5.74) is 1.14. The number of ketones is 1. The van der Waals surface area contributed by atoms with Crippen molar-refractivity contribution in [3.05, 3.63) is 49.9 Å². The summed E-state index contributed by atoms with van der Waals surface area (Å²) in [6.07, 6.45) is 0. The molecule has 0 aliphatic rings. The highest BCUT2D eigenvalue weighted by Gasteiger charge is 2.15. The Morgan fingerprint density at radius 2 is 2.11 bits per heavy atom. The fraction of sp³-hybridized carbons (Fsp3) is 0.154. The fourth-order valence-electron chi connectivity index (χ4n) is 1.47. The van der Waals surface area contributed by atoms with Gasteiger partial charge in [-0.3, -0.25) is 4.79 Å². The van der Waals surface area contributed by atoms with Crippen LogP contribution in [0.1, 0.15) is 15.9 Å². The maximum atomic E-state index is 13.4. The molecule has 0 radical (unpaired) electrons. The number of benzene rings is 1. The second-order valence-corrected chi connectivity index (χ2v) is 6.17. The van der Waals surface area contributed by atoms with Gasteiger partial charge < -0.3 is 4.74 Å². The molecule has 1 heterocycles. The summed E-state index contributed by atoms with van der Waals surface area (Å²) in [5, 5.41) is 0. The van der Waals surface area contributed by atoms with Gasteiger partial charge in [0.15, 0.2) is 18.2 Å². The van der Waals surface area contributed by atoms with E-state index in [1.54, 1.807) is 6.07 Å². The van der Waals surface area contributed by atoms with E-state index in [0.29, 0.717) is 14.2 Å². The highest BCUT2D eigenvalue weighted by molar-refractivity contribution is 7.20. The van der Waals surface area contributed by atoms with Crippen LogP contribution >= 0.6 is 34.5 Å². The van der Waals surface area contributed by atoms with Crippen molar-refractivity contribution < 1.29 is 13.9 Å². The van der Waals surface area contributed by atoms with E-state index in [9.17, 15) is 9.18 Å². The molecule has 0 N–H and O–H groups in total. The quantitative estimate of drug-likeness (QED) is 0.759. The molecule has 1 aromatic carbocycles. The van der Waals surface area contributed by atoms with E-state index in [4.69, 9.17) is 27.9 Å². The number of ether oxygens (including phenoxy) is 1. The van der Waals surface area contributed by atoms with Crippen molar-refractivity contribution in [1.82, 2.24) is 0 Å². The number of carbonyl (C=O) groups is 1. The molecule has 2 rings (SSSR count). The van der Waals surface area contributed by atoms with Gasteiger partial charge >= 0.3 is 0 Å². The fourth-order valence-corrected chi connectivity index (χ4v) is 2.97. The second kappa shape index (κ2) is 5.90. The number of halogens is 3. The number of carbonyl (C=O) groups excluding carboxylic acids is 1. The molecule has 0 fully saturated rings. The Morgan fingerprint density at radius 3 is 2.74 bits per heavy atom. The predicted molar refractivity (Wildman–Crippen MR) is 75.3 cm³/mol. The molecule has 0 saturated carbocycles. The minimum atomic E-state index is -0.507. The maximum absolute atomic E-state index is 13.4. The smallest absolute Gasteiger partial charge is 0.202 e. The van der Waals surface area contributed by atoms with Gasteiger partial charge in [-0.15, -0.1) is 11.3 Å². The summed E-state index contributed by atoms with van der Waals surface area (Å²) >= 11 is 12.7. The Kier molecular flexibility index (Phi) is 4.45. The van der Waals surface area contributed by atoms with Gasteiger partial charge in [0.1, 0.15) is 4.34 Å². The number of Topliss-reactive ketones (excluding diaryl/α,β-unsaturated/α-hetero) is 1. The average molecular weight is 319 g/mol. The molecule has 2 aromatic rings. The van der Waals surface area contributed by atoms with Gasteiger partial charge in [0.2, 0.25) is 5.78 Å². The number of thiophene rings is 1. The van der Waals surface area contributed by atoms with Crippen molar-refractivity contribution >= 4 is 40.3 Å². The lowest BCUT2D eigenvalue weighted by Crippen LogP contribution is -2.12. The van der Waals surface area contributed by atoms with Crippen LogP contribution < -0.4 is 4.74 Å². The molecule has 0 amide bonds. The zero-order valence-corrected chi connectivity index (χ0v) is 12.2. The highest BCUT2D eigenvalue weighted by Crippen LogP contribution is 2.31. The minimum absolute atomic E-state index is 0.0470. The van der Waals surface area contributed by atoms with E-state index in [1.165, 1.54) is 18.2 Å². The third kappa shape index (κ3) is 3.47.